The number of aryl methyl sites for hydroxylation is 1. The minimum atomic E-state index is 0.467. The number of ether oxygens (including phenoxy) is 1. The van der Waals surface area contributed by atoms with Gasteiger partial charge in [-0.3, -0.25) is 0 Å². The molecule has 0 atom stereocenters. The van der Waals surface area contributed by atoms with E-state index in [0.717, 1.165) is 28.8 Å². The van der Waals surface area contributed by atoms with Gasteiger partial charge in [0.15, 0.2) is 0 Å². The van der Waals surface area contributed by atoms with E-state index in [1.165, 1.54) is 5.56 Å². The van der Waals surface area contributed by atoms with Crippen molar-refractivity contribution in [1.82, 2.24) is 25.5 Å². The maximum absolute atomic E-state index is 5.43. The maximum atomic E-state index is 5.43. The molecule has 2 aromatic rings. The molecule has 1 heterocycles. The fourth-order valence-corrected chi connectivity index (χ4v) is 2.69. The van der Waals surface area contributed by atoms with Crippen molar-refractivity contribution in [3.8, 4) is 5.75 Å². The molecule has 0 aliphatic carbocycles. The Balaban J connectivity index is 2.08. The van der Waals surface area contributed by atoms with Crippen LogP contribution in [0.25, 0.3) is 0 Å². The van der Waals surface area contributed by atoms with Crippen molar-refractivity contribution in [2.75, 3.05) is 7.11 Å². The van der Waals surface area contributed by atoms with Crippen molar-refractivity contribution in [1.29, 1.82) is 0 Å². The highest BCUT2D eigenvalue weighted by atomic mass is 32.2. The van der Waals surface area contributed by atoms with Gasteiger partial charge in [0, 0.05) is 31.0 Å². The molecule has 0 aliphatic heterocycles. The monoisotopic (exact) mass is 307 g/mol. The van der Waals surface area contributed by atoms with Gasteiger partial charge in [0.2, 0.25) is 5.16 Å². The Labute approximate surface area is 129 Å². The summed E-state index contributed by atoms with van der Waals surface area (Å²) in [4.78, 5) is 0. The molecule has 1 N–H and O–H groups in total. The molecule has 114 valence electrons. The van der Waals surface area contributed by atoms with E-state index >= 15 is 0 Å². The van der Waals surface area contributed by atoms with Gasteiger partial charge < -0.3 is 10.1 Å². The molecule has 0 unspecified atom stereocenters. The number of methoxy groups -OCH3 is 1. The lowest BCUT2D eigenvalue weighted by Gasteiger charge is -2.12. The molecule has 2 rings (SSSR count). The number of hydrogen-bond donors (Lipinski definition) is 1. The maximum Gasteiger partial charge on any atom is 0.209 e. The number of rotatable bonds is 7. The van der Waals surface area contributed by atoms with Crippen molar-refractivity contribution in [2.45, 2.75) is 37.3 Å². The van der Waals surface area contributed by atoms with Crippen LogP contribution in [0.4, 0.5) is 0 Å². The SMILES string of the molecule is COc1ccc(CNC(C)C)cc1CSc1nnnn1C. The van der Waals surface area contributed by atoms with Crippen molar-refractivity contribution in [3.63, 3.8) is 0 Å². The molecule has 7 heteroatoms. The Kier molecular flexibility index (Phi) is 5.58. The number of tetrazole rings is 1. The summed E-state index contributed by atoms with van der Waals surface area (Å²) in [5.74, 6) is 1.67. The lowest BCUT2D eigenvalue weighted by molar-refractivity contribution is 0.411. The Morgan fingerprint density at radius 2 is 2.19 bits per heavy atom. The predicted octanol–water partition coefficient (Wildman–Crippen LogP) is 2.01. The first-order valence-electron chi connectivity index (χ1n) is 6.84. The summed E-state index contributed by atoms with van der Waals surface area (Å²) in [6, 6.07) is 6.74. The van der Waals surface area contributed by atoms with Gasteiger partial charge in [-0.2, -0.15) is 0 Å². The number of thioether (sulfide) groups is 1. The van der Waals surface area contributed by atoms with Crippen LogP contribution in [0.2, 0.25) is 0 Å². The van der Waals surface area contributed by atoms with Crippen LogP contribution in [0, 0.1) is 0 Å². The molecule has 0 fully saturated rings. The van der Waals surface area contributed by atoms with Crippen molar-refractivity contribution in [2.24, 2.45) is 7.05 Å². The van der Waals surface area contributed by atoms with Crippen LogP contribution < -0.4 is 10.1 Å². The number of aromatic nitrogens is 4. The number of hydrogen-bond acceptors (Lipinski definition) is 6. The predicted molar refractivity (Wildman–Crippen MR) is 83.3 cm³/mol. The van der Waals surface area contributed by atoms with E-state index in [4.69, 9.17) is 4.74 Å². The zero-order valence-corrected chi connectivity index (χ0v) is 13.6. The van der Waals surface area contributed by atoms with Gasteiger partial charge in [0.05, 0.1) is 7.11 Å². The van der Waals surface area contributed by atoms with Crippen molar-refractivity contribution in [3.05, 3.63) is 29.3 Å². The molecule has 0 amide bonds. The highest BCUT2D eigenvalue weighted by Gasteiger charge is 2.09. The molecular weight excluding hydrogens is 286 g/mol. The van der Waals surface area contributed by atoms with Gasteiger partial charge in [0.1, 0.15) is 5.75 Å². The lowest BCUT2D eigenvalue weighted by atomic mass is 10.1. The van der Waals surface area contributed by atoms with E-state index in [1.807, 2.05) is 13.1 Å². The van der Waals surface area contributed by atoms with Crippen LogP contribution >= 0.6 is 11.8 Å². The first-order valence-corrected chi connectivity index (χ1v) is 7.83. The largest absolute Gasteiger partial charge is 0.496 e. The molecule has 6 nitrogen and oxygen atoms in total. The Hall–Kier alpha value is -1.60. The lowest BCUT2D eigenvalue weighted by Crippen LogP contribution is -2.21. The average molecular weight is 307 g/mol. The molecule has 21 heavy (non-hydrogen) atoms. The fraction of sp³-hybridized carbons (Fsp3) is 0.500. The smallest absolute Gasteiger partial charge is 0.209 e. The molecule has 1 aromatic carbocycles. The van der Waals surface area contributed by atoms with E-state index in [9.17, 15) is 0 Å². The van der Waals surface area contributed by atoms with Gasteiger partial charge in [-0.25, -0.2) is 4.68 Å². The van der Waals surface area contributed by atoms with Crippen LogP contribution in [0.15, 0.2) is 23.4 Å². The van der Waals surface area contributed by atoms with Gasteiger partial charge in [-0.1, -0.05) is 31.7 Å². The summed E-state index contributed by atoms with van der Waals surface area (Å²) in [5, 5.41) is 15.7. The Morgan fingerprint density at radius 3 is 2.81 bits per heavy atom. The van der Waals surface area contributed by atoms with Crippen LogP contribution in [-0.2, 0) is 19.3 Å². The summed E-state index contributed by atoms with van der Waals surface area (Å²) < 4.78 is 7.10. The summed E-state index contributed by atoms with van der Waals surface area (Å²) in [6.07, 6.45) is 0. The molecule has 0 saturated carbocycles. The molecule has 0 aliphatic rings. The summed E-state index contributed by atoms with van der Waals surface area (Å²) in [7, 11) is 3.53. The van der Waals surface area contributed by atoms with E-state index in [2.05, 4.69) is 46.8 Å². The topological polar surface area (TPSA) is 64.9 Å². The number of benzene rings is 1. The first kappa shape index (κ1) is 15.8. The minimum absolute atomic E-state index is 0.467. The third kappa shape index (κ3) is 4.44. The molecule has 1 aromatic heterocycles. The van der Waals surface area contributed by atoms with E-state index in [-0.39, 0.29) is 0 Å². The average Bonchev–Trinajstić information content (AvgIpc) is 2.88. The van der Waals surface area contributed by atoms with Crippen molar-refractivity contribution < 1.29 is 4.74 Å². The quantitative estimate of drug-likeness (QED) is 0.789. The fourth-order valence-electron chi connectivity index (χ4n) is 1.86. The van der Waals surface area contributed by atoms with Crippen LogP contribution in [0.1, 0.15) is 25.0 Å². The second-order valence-electron chi connectivity index (χ2n) is 5.06. The molecular formula is C14H21N5OS. The van der Waals surface area contributed by atoms with Crippen LogP contribution in [0.3, 0.4) is 0 Å². The van der Waals surface area contributed by atoms with E-state index < -0.39 is 0 Å². The van der Waals surface area contributed by atoms with Crippen LogP contribution in [-0.4, -0.2) is 33.4 Å². The molecule has 0 radical (unpaired) electrons. The minimum Gasteiger partial charge on any atom is -0.496 e. The normalized spacial score (nSPS) is 11.1. The number of nitrogens with one attached hydrogen (secondary N) is 1. The highest BCUT2D eigenvalue weighted by molar-refractivity contribution is 7.98. The summed E-state index contributed by atoms with van der Waals surface area (Å²) >= 11 is 1.60. The van der Waals surface area contributed by atoms with Gasteiger partial charge in [-0.05, 0) is 28.1 Å². The molecule has 0 spiro atoms. The van der Waals surface area contributed by atoms with Gasteiger partial charge in [-0.15, -0.1) is 5.10 Å². The summed E-state index contributed by atoms with van der Waals surface area (Å²) in [6.45, 7) is 5.13. The van der Waals surface area contributed by atoms with Gasteiger partial charge >= 0.3 is 0 Å². The van der Waals surface area contributed by atoms with E-state index in [0.29, 0.717) is 6.04 Å². The van der Waals surface area contributed by atoms with Crippen LogP contribution in [0.5, 0.6) is 5.75 Å². The second-order valence-corrected chi connectivity index (χ2v) is 6.00. The molecule has 0 saturated heterocycles. The zero-order chi connectivity index (χ0) is 15.2. The third-order valence-corrected chi connectivity index (χ3v) is 4.06. The van der Waals surface area contributed by atoms with E-state index in [1.54, 1.807) is 23.6 Å². The van der Waals surface area contributed by atoms with Gasteiger partial charge in [0.25, 0.3) is 0 Å². The Bertz CT molecular complexity index is 584. The zero-order valence-electron chi connectivity index (χ0n) is 12.8. The summed E-state index contributed by atoms with van der Waals surface area (Å²) in [5.41, 5.74) is 2.39. The first-order chi connectivity index (χ1) is 10.1. The number of nitrogens with zero attached hydrogens (tertiary/aromatic N) is 4. The van der Waals surface area contributed by atoms with Crippen molar-refractivity contribution >= 4 is 11.8 Å². The Morgan fingerprint density at radius 1 is 1.38 bits per heavy atom. The third-order valence-electron chi connectivity index (χ3n) is 3.00. The second kappa shape index (κ2) is 7.42. The highest BCUT2D eigenvalue weighted by Crippen LogP contribution is 2.27. The molecule has 0 bridgehead atoms. The standard InChI is InChI=1S/C14H21N5OS/c1-10(2)15-8-11-5-6-13(20-4)12(7-11)9-21-14-16-17-18-19(14)3/h5-7,10,15H,8-9H2,1-4H3.